The van der Waals surface area contributed by atoms with Gasteiger partial charge in [0.1, 0.15) is 0 Å². The van der Waals surface area contributed by atoms with Crippen LogP contribution >= 0.6 is 0 Å². The number of allylic oxidation sites excluding steroid dienone is 5. The quantitative estimate of drug-likeness (QED) is 0.0321. The molecule has 0 rings (SSSR count). The average Bonchev–Trinajstić information content (AvgIpc) is 3.28. The Morgan fingerprint density at radius 2 is 0.794 bits per heavy atom. The standard InChI is InChI=1S/C57H107NO5/c1-3-5-7-9-11-13-15-17-22-27-31-35-39-43-47-51-57(62)63-52-48-44-40-36-32-28-24-21-19-18-20-23-26-30-34-38-42-46-50-56(61)58-54(53-59)55(60)49-45-41-37-33-29-25-16-14-12-10-8-6-4-2/h11,13,17,22,45,49,54-55,59-60H,3-10,12,14-16,18-21,23-44,46-48,50-53H2,1-2H3,(H,58,61)/b13-11-,22-17-,49-45+. The highest BCUT2D eigenvalue weighted by Crippen LogP contribution is 2.16. The van der Waals surface area contributed by atoms with Gasteiger partial charge in [0.2, 0.25) is 5.91 Å². The van der Waals surface area contributed by atoms with E-state index in [-0.39, 0.29) is 18.5 Å². The number of aliphatic hydroxyl groups is 2. The van der Waals surface area contributed by atoms with Crippen LogP contribution in [-0.2, 0) is 14.3 Å². The lowest BCUT2D eigenvalue weighted by Crippen LogP contribution is -2.45. The molecule has 0 radical (unpaired) electrons. The molecule has 370 valence electrons. The van der Waals surface area contributed by atoms with Gasteiger partial charge in [0.05, 0.1) is 25.4 Å². The number of carbonyl (C=O) groups excluding carboxylic acids is 2. The van der Waals surface area contributed by atoms with Crippen molar-refractivity contribution in [2.75, 3.05) is 13.2 Å². The van der Waals surface area contributed by atoms with Crippen molar-refractivity contribution in [1.29, 1.82) is 0 Å². The van der Waals surface area contributed by atoms with Gasteiger partial charge < -0.3 is 20.3 Å². The van der Waals surface area contributed by atoms with E-state index in [9.17, 15) is 19.8 Å². The van der Waals surface area contributed by atoms with Gasteiger partial charge in [-0.1, -0.05) is 249 Å². The van der Waals surface area contributed by atoms with Gasteiger partial charge in [-0.3, -0.25) is 9.59 Å². The summed E-state index contributed by atoms with van der Waals surface area (Å²) in [5, 5.41) is 23.0. The summed E-state index contributed by atoms with van der Waals surface area (Å²) in [5.41, 5.74) is 0. The first-order valence-corrected chi connectivity index (χ1v) is 27.8. The Balaban J connectivity index is 3.44. The number of carbonyl (C=O) groups is 2. The van der Waals surface area contributed by atoms with Crippen LogP contribution in [0.15, 0.2) is 36.5 Å². The van der Waals surface area contributed by atoms with Gasteiger partial charge in [-0.2, -0.15) is 0 Å². The number of hydrogen-bond acceptors (Lipinski definition) is 5. The van der Waals surface area contributed by atoms with Gasteiger partial charge in [-0.05, 0) is 64.2 Å². The number of nitrogens with one attached hydrogen (secondary N) is 1. The molecule has 0 aromatic rings. The molecule has 0 saturated carbocycles. The van der Waals surface area contributed by atoms with Crippen molar-refractivity contribution in [2.45, 2.75) is 302 Å². The van der Waals surface area contributed by atoms with Crippen molar-refractivity contribution >= 4 is 11.9 Å². The van der Waals surface area contributed by atoms with Gasteiger partial charge in [0, 0.05) is 12.8 Å². The molecular formula is C57H107NO5. The third-order valence-corrected chi connectivity index (χ3v) is 12.7. The van der Waals surface area contributed by atoms with Crippen molar-refractivity contribution < 1.29 is 24.5 Å². The summed E-state index contributed by atoms with van der Waals surface area (Å²) in [4.78, 5) is 24.5. The average molecular weight is 886 g/mol. The highest BCUT2D eigenvalue weighted by Gasteiger charge is 2.18. The minimum absolute atomic E-state index is 0.00792. The second kappa shape index (κ2) is 52.7. The monoisotopic (exact) mass is 886 g/mol. The number of aliphatic hydroxyl groups excluding tert-OH is 2. The van der Waals surface area contributed by atoms with Crippen molar-refractivity contribution in [2.24, 2.45) is 0 Å². The van der Waals surface area contributed by atoms with Crippen LogP contribution in [0.25, 0.3) is 0 Å². The van der Waals surface area contributed by atoms with Gasteiger partial charge in [-0.15, -0.1) is 0 Å². The summed E-state index contributed by atoms with van der Waals surface area (Å²) in [6.07, 6.45) is 64.4. The van der Waals surface area contributed by atoms with Crippen molar-refractivity contribution in [1.82, 2.24) is 5.32 Å². The van der Waals surface area contributed by atoms with E-state index in [0.717, 1.165) is 51.4 Å². The van der Waals surface area contributed by atoms with Crippen molar-refractivity contribution in [3.8, 4) is 0 Å². The zero-order valence-corrected chi connectivity index (χ0v) is 42.1. The Morgan fingerprint density at radius 3 is 1.24 bits per heavy atom. The van der Waals surface area contributed by atoms with Crippen LogP contribution in [0.5, 0.6) is 0 Å². The molecule has 0 fully saturated rings. The highest BCUT2D eigenvalue weighted by molar-refractivity contribution is 5.76. The smallest absolute Gasteiger partial charge is 0.305 e. The van der Waals surface area contributed by atoms with E-state index in [1.54, 1.807) is 6.08 Å². The lowest BCUT2D eigenvalue weighted by atomic mass is 10.0. The molecule has 0 aliphatic heterocycles. The van der Waals surface area contributed by atoms with E-state index < -0.39 is 12.1 Å². The largest absolute Gasteiger partial charge is 0.466 e. The maximum absolute atomic E-state index is 12.4. The minimum Gasteiger partial charge on any atom is -0.466 e. The van der Waals surface area contributed by atoms with E-state index in [2.05, 4.69) is 43.5 Å². The molecule has 6 nitrogen and oxygen atoms in total. The predicted molar refractivity (Wildman–Crippen MR) is 273 cm³/mol. The van der Waals surface area contributed by atoms with E-state index in [4.69, 9.17) is 4.74 Å². The maximum Gasteiger partial charge on any atom is 0.305 e. The fourth-order valence-electron chi connectivity index (χ4n) is 8.37. The molecule has 0 bridgehead atoms. The first-order valence-electron chi connectivity index (χ1n) is 27.8. The lowest BCUT2D eigenvalue weighted by Gasteiger charge is -2.20. The maximum atomic E-state index is 12.4. The highest BCUT2D eigenvalue weighted by atomic mass is 16.5. The molecule has 0 heterocycles. The van der Waals surface area contributed by atoms with Crippen LogP contribution in [0.4, 0.5) is 0 Å². The normalized spacial score (nSPS) is 12.9. The molecular weight excluding hydrogens is 779 g/mol. The lowest BCUT2D eigenvalue weighted by molar-refractivity contribution is -0.143. The first kappa shape index (κ1) is 61.1. The third-order valence-electron chi connectivity index (χ3n) is 12.7. The van der Waals surface area contributed by atoms with E-state index >= 15 is 0 Å². The molecule has 2 atom stereocenters. The topological polar surface area (TPSA) is 95.9 Å². The number of rotatable bonds is 51. The van der Waals surface area contributed by atoms with Gasteiger partial charge in [-0.25, -0.2) is 0 Å². The number of hydrogen-bond donors (Lipinski definition) is 3. The Hall–Kier alpha value is -1.92. The molecule has 63 heavy (non-hydrogen) atoms. The Labute approximate surface area is 392 Å². The molecule has 0 aliphatic rings. The van der Waals surface area contributed by atoms with E-state index in [1.165, 1.54) is 212 Å². The summed E-state index contributed by atoms with van der Waals surface area (Å²) < 4.78 is 5.47. The zero-order valence-electron chi connectivity index (χ0n) is 42.1. The molecule has 0 aliphatic carbocycles. The van der Waals surface area contributed by atoms with Crippen molar-refractivity contribution in [3.05, 3.63) is 36.5 Å². The number of esters is 1. The van der Waals surface area contributed by atoms with Crippen LogP contribution in [0, 0.1) is 0 Å². The SMILES string of the molecule is CCCCC/C=C\C/C=C\CCCCCCCC(=O)OCCCCCCCCCCCCCCCCCCCCC(=O)NC(CO)C(O)/C=C/CCCCCCCCCCCCC. The van der Waals surface area contributed by atoms with Crippen LogP contribution in [0.2, 0.25) is 0 Å². The van der Waals surface area contributed by atoms with Crippen molar-refractivity contribution in [3.63, 3.8) is 0 Å². The molecule has 3 N–H and O–H groups in total. The summed E-state index contributed by atoms with van der Waals surface area (Å²) in [5.74, 6) is -0.0807. The Morgan fingerprint density at radius 1 is 0.444 bits per heavy atom. The van der Waals surface area contributed by atoms with E-state index in [0.29, 0.717) is 19.4 Å². The molecule has 0 aromatic carbocycles. The van der Waals surface area contributed by atoms with Crippen LogP contribution < -0.4 is 5.32 Å². The second-order valence-corrected chi connectivity index (χ2v) is 18.9. The number of unbranched alkanes of at least 4 members (excludes halogenated alkanes) is 36. The van der Waals surface area contributed by atoms with Gasteiger partial charge in [0.15, 0.2) is 0 Å². The molecule has 6 heteroatoms. The Bertz CT molecular complexity index is 1020. The molecule has 1 amide bonds. The Kier molecular flexibility index (Phi) is 51.1. The summed E-state index contributed by atoms with van der Waals surface area (Å²) in [6.45, 7) is 4.86. The van der Waals surface area contributed by atoms with Crippen LogP contribution in [-0.4, -0.2) is 47.4 Å². The summed E-state index contributed by atoms with van der Waals surface area (Å²) >= 11 is 0. The van der Waals surface area contributed by atoms with E-state index in [1.807, 2.05) is 6.08 Å². The van der Waals surface area contributed by atoms with Crippen LogP contribution in [0.1, 0.15) is 290 Å². The second-order valence-electron chi connectivity index (χ2n) is 18.9. The fraction of sp³-hybridized carbons (Fsp3) is 0.860. The van der Waals surface area contributed by atoms with Crippen LogP contribution in [0.3, 0.4) is 0 Å². The first-order chi connectivity index (χ1) is 31.0. The zero-order chi connectivity index (χ0) is 45.8. The molecule has 0 saturated heterocycles. The van der Waals surface area contributed by atoms with Gasteiger partial charge >= 0.3 is 5.97 Å². The number of ether oxygens (including phenoxy) is 1. The predicted octanol–water partition coefficient (Wildman–Crippen LogP) is 16.9. The summed E-state index contributed by atoms with van der Waals surface area (Å²) in [6, 6.07) is -0.631. The molecule has 0 aromatic heterocycles. The third kappa shape index (κ3) is 49.4. The number of amides is 1. The fourth-order valence-corrected chi connectivity index (χ4v) is 8.37. The minimum atomic E-state index is -0.847. The molecule has 2 unspecified atom stereocenters. The van der Waals surface area contributed by atoms with Gasteiger partial charge in [0.25, 0.3) is 0 Å². The summed E-state index contributed by atoms with van der Waals surface area (Å²) in [7, 11) is 0. The molecule has 0 spiro atoms.